The highest BCUT2D eigenvalue weighted by molar-refractivity contribution is 7.99. The highest BCUT2D eigenvalue weighted by atomic mass is 35.5. The molecule has 0 amide bonds. The summed E-state index contributed by atoms with van der Waals surface area (Å²) < 4.78 is 0. The third kappa shape index (κ3) is 5.21. The number of halogens is 1. The molecule has 1 saturated carbocycles. The minimum Gasteiger partial charge on any atom is -0.313 e. The third-order valence-electron chi connectivity index (χ3n) is 3.46. The van der Waals surface area contributed by atoms with Gasteiger partial charge in [-0.15, -0.1) is 11.8 Å². The summed E-state index contributed by atoms with van der Waals surface area (Å²) in [6, 6.07) is 8.87. The van der Waals surface area contributed by atoms with Crippen molar-refractivity contribution in [3.05, 3.63) is 29.3 Å². The molecule has 1 fully saturated rings. The fourth-order valence-electron chi connectivity index (χ4n) is 2.47. The second kappa shape index (κ2) is 8.08. The van der Waals surface area contributed by atoms with Crippen LogP contribution in [0.3, 0.4) is 0 Å². The van der Waals surface area contributed by atoms with Crippen molar-refractivity contribution in [3.63, 3.8) is 0 Å². The first-order chi connectivity index (χ1) is 8.84. The molecule has 3 heteroatoms. The maximum absolute atomic E-state index is 5.97. The maximum atomic E-state index is 5.97. The van der Waals surface area contributed by atoms with Crippen molar-refractivity contribution < 1.29 is 0 Å². The Balaban J connectivity index is 1.63. The van der Waals surface area contributed by atoms with Crippen molar-refractivity contribution in [2.45, 2.75) is 49.5 Å². The Hall–Kier alpha value is -0.180. The summed E-state index contributed by atoms with van der Waals surface area (Å²) >= 11 is 7.85. The van der Waals surface area contributed by atoms with E-state index in [-0.39, 0.29) is 0 Å². The summed E-state index contributed by atoms with van der Waals surface area (Å²) in [5.41, 5.74) is 0. The lowest BCUT2D eigenvalue weighted by molar-refractivity contribution is 0.474. The van der Waals surface area contributed by atoms with Crippen LogP contribution in [-0.4, -0.2) is 18.3 Å². The average Bonchev–Trinajstić information content (AvgIpc) is 2.63. The van der Waals surface area contributed by atoms with Gasteiger partial charge in [0.15, 0.2) is 0 Å². The van der Waals surface area contributed by atoms with E-state index in [1.165, 1.54) is 43.4 Å². The fourth-order valence-corrected chi connectivity index (χ4v) is 3.57. The predicted molar refractivity (Wildman–Crippen MR) is 81.7 cm³/mol. The molecule has 1 aromatic carbocycles. The average molecular weight is 284 g/mol. The first kappa shape index (κ1) is 14.2. The van der Waals surface area contributed by atoms with Crippen molar-refractivity contribution in [2.24, 2.45) is 0 Å². The Morgan fingerprint density at radius 2 is 1.94 bits per heavy atom. The molecule has 0 spiro atoms. The van der Waals surface area contributed by atoms with Crippen LogP contribution < -0.4 is 5.32 Å². The predicted octanol–water partition coefficient (Wildman–Crippen LogP) is 4.74. The van der Waals surface area contributed by atoms with Gasteiger partial charge in [0.25, 0.3) is 0 Å². The molecule has 0 saturated heterocycles. The second-order valence-corrected chi connectivity index (χ2v) is 6.55. The van der Waals surface area contributed by atoms with E-state index in [1.807, 2.05) is 30.0 Å². The maximum Gasteiger partial charge on any atom is 0.0417 e. The van der Waals surface area contributed by atoms with Crippen molar-refractivity contribution >= 4 is 23.4 Å². The number of benzene rings is 1. The summed E-state index contributed by atoms with van der Waals surface area (Å²) in [7, 11) is 0. The van der Waals surface area contributed by atoms with Gasteiger partial charge in [0.05, 0.1) is 0 Å². The van der Waals surface area contributed by atoms with Crippen LogP contribution in [0.4, 0.5) is 0 Å². The number of thioether (sulfide) groups is 1. The van der Waals surface area contributed by atoms with Gasteiger partial charge in [-0.1, -0.05) is 43.4 Å². The van der Waals surface area contributed by atoms with Crippen LogP contribution in [0.25, 0.3) is 0 Å². The lowest BCUT2D eigenvalue weighted by Crippen LogP contribution is -2.30. The van der Waals surface area contributed by atoms with Crippen LogP contribution in [0, 0.1) is 0 Å². The van der Waals surface area contributed by atoms with E-state index in [9.17, 15) is 0 Å². The Kier molecular flexibility index (Phi) is 6.39. The molecular formula is C15H22ClNS. The largest absolute Gasteiger partial charge is 0.313 e. The molecule has 0 unspecified atom stereocenters. The van der Waals surface area contributed by atoms with Gasteiger partial charge >= 0.3 is 0 Å². The van der Waals surface area contributed by atoms with Crippen LogP contribution >= 0.6 is 23.4 Å². The lowest BCUT2D eigenvalue weighted by Gasteiger charge is -2.15. The van der Waals surface area contributed by atoms with E-state index in [1.54, 1.807) is 0 Å². The normalized spacial score (nSPS) is 17.6. The van der Waals surface area contributed by atoms with Crippen molar-refractivity contribution in [2.75, 3.05) is 12.3 Å². The van der Waals surface area contributed by atoms with E-state index in [0.717, 1.165) is 23.4 Å². The summed E-state index contributed by atoms with van der Waals surface area (Å²) in [5, 5.41) is 4.52. The summed E-state index contributed by atoms with van der Waals surface area (Å²) in [4.78, 5) is 1.27. The molecule has 0 radical (unpaired) electrons. The molecule has 1 aliphatic rings. The lowest BCUT2D eigenvalue weighted by atomic mass is 10.1. The minimum absolute atomic E-state index is 0.757. The monoisotopic (exact) mass is 283 g/mol. The number of hydrogen-bond donors (Lipinski definition) is 1. The van der Waals surface area contributed by atoms with Crippen molar-refractivity contribution in [3.8, 4) is 0 Å². The molecule has 0 atom stereocenters. The van der Waals surface area contributed by atoms with E-state index in [0.29, 0.717) is 0 Å². The SMILES string of the molecule is Clc1cccc(SCCNC2CCCCCC2)c1. The first-order valence-corrected chi connectivity index (χ1v) is 8.33. The molecule has 0 bridgehead atoms. The fraction of sp³-hybridized carbons (Fsp3) is 0.600. The van der Waals surface area contributed by atoms with Crippen LogP contribution in [0.2, 0.25) is 5.02 Å². The van der Waals surface area contributed by atoms with Gasteiger partial charge in [0.1, 0.15) is 0 Å². The Bertz CT molecular complexity index is 348. The molecule has 1 nitrogen and oxygen atoms in total. The Morgan fingerprint density at radius 3 is 2.67 bits per heavy atom. The summed E-state index contributed by atoms with van der Waals surface area (Å²) in [6.45, 7) is 1.10. The van der Waals surface area contributed by atoms with Gasteiger partial charge in [-0.3, -0.25) is 0 Å². The molecule has 2 rings (SSSR count). The minimum atomic E-state index is 0.757. The third-order valence-corrected chi connectivity index (χ3v) is 4.69. The smallest absolute Gasteiger partial charge is 0.0417 e. The van der Waals surface area contributed by atoms with E-state index in [2.05, 4.69) is 11.4 Å². The van der Waals surface area contributed by atoms with E-state index < -0.39 is 0 Å². The van der Waals surface area contributed by atoms with Crippen LogP contribution in [0.15, 0.2) is 29.2 Å². The molecular weight excluding hydrogens is 262 g/mol. The summed E-state index contributed by atoms with van der Waals surface area (Å²) in [5.74, 6) is 1.12. The zero-order valence-corrected chi connectivity index (χ0v) is 12.4. The molecule has 0 aliphatic heterocycles. The number of rotatable bonds is 5. The van der Waals surface area contributed by atoms with Gasteiger partial charge in [-0.2, -0.15) is 0 Å². The highest BCUT2D eigenvalue weighted by Crippen LogP contribution is 2.21. The van der Waals surface area contributed by atoms with Gasteiger partial charge in [-0.25, -0.2) is 0 Å². The molecule has 0 aromatic heterocycles. The van der Waals surface area contributed by atoms with E-state index >= 15 is 0 Å². The van der Waals surface area contributed by atoms with Crippen LogP contribution in [0.5, 0.6) is 0 Å². The molecule has 18 heavy (non-hydrogen) atoms. The Morgan fingerprint density at radius 1 is 1.17 bits per heavy atom. The molecule has 1 N–H and O–H groups in total. The quantitative estimate of drug-likeness (QED) is 0.476. The van der Waals surface area contributed by atoms with Gasteiger partial charge in [-0.05, 0) is 31.0 Å². The topological polar surface area (TPSA) is 12.0 Å². The standard InChI is InChI=1S/C15H22ClNS/c16-13-6-5-9-15(12-13)18-11-10-17-14-7-3-1-2-4-8-14/h5-6,9,12,14,17H,1-4,7-8,10-11H2. The number of hydrogen-bond acceptors (Lipinski definition) is 2. The number of nitrogens with one attached hydrogen (secondary N) is 1. The zero-order chi connectivity index (χ0) is 12.6. The van der Waals surface area contributed by atoms with Gasteiger partial charge in [0, 0.05) is 28.3 Å². The molecule has 0 heterocycles. The zero-order valence-electron chi connectivity index (χ0n) is 10.8. The molecule has 1 aliphatic carbocycles. The van der Waals surface area contributed by atoms with E-state index in [4.69, 9.17) is 11.6 Å². The highest BCUT2D eigenvalue weighted by Gasteiger charge is 2.10. The second-order valence-electron chi connectivity index (χ2n) is 4.95. The molecule has 100 valence electrons. The Labute approximate surface area is 120 Å². The molecule has 1 aromatic rings. The van der Waals surface area contributed by atoms with Gasteiger partial charge in [0.2, 0.25) is 0 Å². The van der Waals surface area contributed by atoms with Crippen LogP contribution in [0.1, 0.15) is 38.5 Å². The van der Waals surface area contributed by atoms with Crippen molar-refractivity contribution in [1.82, 2.24) is 5.32 Å². The van der Waals surface area contributed by atoms with Crippen molar-refractivity contribution in [1.29, 1.82) is 0 Å². The summed E-state index contributed by atoms with van der Waals surface area (Å²) in [6.07, 6.45) is 8.38. The first-order valence-electron chi connectivity index (χ1n) is 6.96. The van der Waals surface area contributed by atoms with Gasteiger partial charge < -0.3 is 5.32 Å². The van der Waals surface area contributed by atoms with Crippen LogP contribution in [-0.2, 0) is 0 Å².